The molecule has 12 saturated carbocycles. The largest absolute Gasteiger partial charge is 0.481 e. The number of nitrogens with zero attached hydrogens (tertiary/aromatic N) is 4. The lowest BCUT2D eigenvalue weighted by molar-refractivity contribution is -0.164. The zero-order valence-electron chi connectivity index (χ0n) is 70.0. The van der Waals surface area contributed by atoms with E-state index < -0.39 is 11.6 Å². The topological polar surface area (TPSA) is 236 Å². The lowest BCUT2D eigenvalue weighted by atomic mass is 9.86. The number of hydrogen-bond donors (Lipinski definition) is 9. The predicted octanol–water partition coefficient (Wildman–Crippen LogP) is 20.4. The summed E-state index contributed by atoms with van der Waals surface area (Å²) in [6, 6.07) is 20.4. The number of nitrogens with one attached hydrogen (secondary N) is 8. The molecule has 0 aliphatic heterocycles. The highest BCUT2D eigenvalue weighted by molar-refractivity contribution is 6.03. The molecule has 9 N–H and O–H groups in total. The van der Waals surface area contributed by atoms with E-state index in [0.717, 1.165) is 119 Å². The van der Waals surface area contributed by atoms with Crippen molar-refractivity contribution in [2.24, 2.45) is 37.7 Å². The van der Waals surface area contributed by atoms with Crippen molar-refractivity contribution >= 4 is 58.2 Å². The van der Waals surface area contributed by atoms with Gasteiger partial charge in [0.2, 0.25) is 0 Å². The molecule has 12 fully saturated rings. The molecule has 0 aromatic heterocycles. The maximum absolute atomic E-state index is 12.7. The number of anilines is 1. The lowest BCUT2D eigenvalue weighted by Crippen LogP contribution is -2.49. The van der Waals surface area contributed by atoms with Crippen LogP contribution in [-0.2, 0) is 23.9 Å². The Morgan fingerprint density at radius 1 is 0.342 bits per heavy atom. The van der Waals surface area contributed by atoms with Crippen molar-refractivity contribution < 1.29 is 29.0 Å². The second-order valence-corrected chi connectivity index (χ2v) is 37.7. The molecule has 14 rings (SSSR count). The molecule has 0 radical (unpaired) electrons. The normalized spacial score (nSPS) is 26.7. The van der Waals surface area contributed by atoms with Crippen LogP contribution in [0.3, 0.4) is 0 Å². The smallest absolute Gasteiger partial charge is 0.309 e. The quantitative estimate of drug-likeness (QED) is 0.0432. The fourth-order valence-electron chi connectivity index (χ4n) is 20.2. The van der Waals surface area contributed by atoms with Crippen LogP contribution in [-0.4, -0.2) is 125 Å². The molecule has 622 valence electrons. The van der Waals surface area contributed by atoms with Gasteiger partial charge < -0.3 is 57.1 Å². The fraction of sp³-hybridized carbons (Fsp3) is 0.817. The summed E-state index contributed by atoms with van der Waals surface area (Å²) in [5.41, 5.74) is 0.557. The third kappa shape index (κ3) is 30.7. The molecule has 18 heteroatoms. The first-order valence-corrected chi connectivity index (χ1v) is 46.7. The van der Waals surface area contributed by atoms with Gasteiger partial charge in [0.1, 0.15) is 11.2 Å². The van der Waals surface area contributed by atoms with Gasteiger partial charge >= 0.3 is 17.9 Å². The third-order valence-corrected chi connectivity index (χ3v) is 27.0. The number of benzene rings is 2. The van der Waals surface area contributed by atoms with Gasteiger partial charge in [-0.15, -0.1) is 0 Å². The highest BCUT2D eigenvalue weighted by Gasteiger charge is 2.38. The molecular formula is C93H154N12O6. The van der Waals surface area contributed by atoms with Crippen LogP contribution in [0.2, 0.25) is 0 Å². The molecule has 0 heterocycles. The zero-order chi connectivity index (χ0) is 77.3. The Bertz CT molecular complexity index is 3070. The summed E-state index contributed by atoms with van der Waals surface area (Å²) < 4.78 is 11.6. The number of hydrogen-bond acceptors (Lipinski definition) is 9. The predicted molar refractivity (Wildman–Crippen MR) is 458 cm³/mol. The van der Waals surface area contributed by atoms with E-state index in [2.05, 4.69) is 91.9 Å². The molecule has 0 unspecified atom stereocenters. The lowest BCUT2D eigenvalue weighted by Gasteiger charge is -2.32. The Balaban J connectivity index is 0.000000147. The number of guanidine groups is 4. The molecule has 0 bridgehead atoms. The molecule has 0 saturated heterocycles. The maximum Gasteiger partial charge on any atom is 0.309 e. The van der Waals surface area contributed by atoms with Gasteiger partial charge in [-0.1, -0.05) is 190 Å². The average molecular weight is 1540 g/mol. The van der Waals surface area contributed by atoms with E-state index >= 15 is 0 Å². The van der Waals surface area contributed by atoms with Crippen molar-refractivity contribution in [3.8, 4) is 0 Å². The first-order chi connectivity index (χ1) is 54.1. The van der Waals surface area contributed by atoms with Crippen molar-refractivity contribution in [3.05, 3.63) is 42.5 Å². The van der Waals surface area contributed by atoms with E-state index in [4.69, 9.17) is 29.4 Å². The van der Waals surface area contributed by atoms with E-state index in [1.54, 1.807) is 0 Å². The molecule has 12 aliphatic carbocycles. The Labute approximate surface area is 671 Å². The van der Waals surface area contributed by atoms with Gasteiger partial charge in [-0.3, -0.25) is 14.4 Å². The number of carbonyl (C=O) groups excluding carboxylic acids is 2. The summed E-state index contributed by atoms with van der Waals surface area (Å²) in [5, 5.41) is 41.6. The molecule has 0 atom stereocenters. The summed E-state index contributed by atoms with van der Waals surface area (Å²) in [5.74, 6) is 3.40. The van der Waals surface area contributed by atoms with Gasteiger partial charge in [0.05, 0.1) is 41.9 Å². The first kappa shape index (κ1) is 86.1. The summed E-state index contributed by atoms with van der Waals surface area (Å²) in [6.07, 6.45) is 67.6. The summed E-state index contributed by atoms with van der Waals surface area (Å²) in [7, 11) is 0. The number of carboxylic acid groups (broad SMARTS) is 1. The second-order valence-electron chi connectivity index (χ2n) is 37.7. The van der Waals surface area contributed by atoms with Crippen LogP contribution in [0.4, 0.5) is 5.69 Å². The van der Waals surface area contributed by atoms with Crippen molar-refractivity contribution in [1.82, 2.24) is 37.2 Å². The number of esters is 2. The molecule has 2 aromatic rings. The number of aliphatic carboxylic acids is 1. The van der Waals surface area contributed by atoms with Crippen LogP contribution in [0.5, 0.6) is 0 Å². The first-order valence-electron chi connectivity index (χ1n) is 46.7. The fourth-order valence-corrected chi connectivity index (χ4v) is 20.2. The third-order valence-electron chi connectivity index (χ3n) is 27.0. The maximum atomic E-state index is 12.7. The Morgan fingerprint density at radius 3 is 0.973 bits per heavy atom. The van der Waals surface area contributed by atoms with Crippen molar-refractivity contribution in [3.63, 3.8) is 0 Å². The van der Waals surface area contributed by atoms with Crippen molar-refractivity contribution in [1.29, 1.82) is 0 Å². The number of rotatable bonds is 16. The molecule has 18 nitrogen and oxygen atoms in total. The molecule has 2 aromatic carbocycles. The van der Waals surface area contributed by atoms with Crippen LogP contribution < -0.4 is 42.5 Å². The van der Waals surface area contributed by atoms with Gasteiger partial charge in [-0.05, 0) is 245 Å². The Hall–Kier alpha value is -5.81. The van der Waals surface area contributed by atoms with Crippen LogP contribution in [0, 0.1) is 17.8 Å². The summed E-state index contributed by atoms with van der Waals surface area (Å²) >= 11 is 0. The van der Waals surface area contributed by atoms with Gasteiger partial charge in [0.25, 0.3) is 0 Å². The monoisotopic (exact) mass is 1540 g/mol. The van der Waals surface area contributed by atoms with E-state index in [1.165, 1.54) is 280 Å². The minimum absolute atomic E-state index is 0.0270. The number of carboxylic acids is 1. The average Bonchev–Trinajstić information content (AvgIpc) is 1.03. The van der Waals surface area contributed by atoms with Crippen LogP contribution >= 0.6 is 0 Å². The molecular weight excluding hydrogens is 1380 g/mol. The zero-order valence-corrected chi connectivity index (χ0v) is 70.0. The van der Waals surface area contributed by atoms with Gasteiger partial charge in [0, 0.05) is 53.4 Å². The molecule has 111 heavy (non-hydrogen) atoms. The van der Waals surface area contributed by atoms with Gasteiger partial charge in [-0.25, -0.2) is 20.0 Å². The van der Waals surface area contributed by atoms with Crippen molar-refractivity contribution in [2.75, 3.05) is 5.32 Å². The minimum Gasteiger partial charge on any atom is -0.481 e. The molecule has 12 aliphatic rings. The number of fused-ring (bicyclic) bond motifs is 1. The van der Waals surface area contributed by atoms with E-state index in [1.807, 2.05) is 20.8 Å². The van der Waals surface area contributed by atoms with Crippen LogP contribution in [0.1, 0.15) is 387 Å². The van der Waals surface area contributed by atoms with E-state index in [0.29, 0.717) is 60.4 Å². The van der Waals surface area contributed by atoms with Crippen LogP contribution in [0.15, 0.2) is 62.4 Å². The SMILES string of the molecule is CC(C)(C)OC(=O)C1CCC(N=C(NC2CCCCC2)NC2CCCCC2)CC1.CC1(OC(=O)C2CCC(N=C(NC3CCCCC3)NC3CCCCC3)CC2)CCCC1.O=C(O)C1CCC(N=C(NC2CCCCC2)NC2CCCCC2)CC1.c1ccc2c(NC(=NC3CCCCC3)NC3CCCCC3)cccc2c1. The second kappa shape index (κ2) is 46.1. The Kier molecular flexibility index (Phi) is 35.7. The molecule has 0 amide bonds. The number of aliphatic imine (C=N–C) groups is 4. The highest BCUT2D eigenvalue weighted by atomic mass is 16.6. The molecule has 0 spiro atoms. The van der Waals surface area contributed by atoms with E-state index in [9.17, 15) is 19.5 Å². The van der Waals surface area contributed by atoms with Crippen LogP contribution in [0.25, 0.3) is 10.8 Å². The summed E-state index contributed by atoms with van der Waals surface area (Å²) in [6.45, 7) is 7.96. The Morgan fingerprint density at radius 2 is 0.631 bits per heavy atom. The number of ether oxygens (including phenoxy) is 2. The standard InChI is InChI=1S/C26H45N3O2.C24H43N3O2.C23H31N3.C20H35N3O2/c1-26(18-8-9-19-26)31-24(30)20-14-16-23(17-15-20)29-25(27-21-10-4-2-5-11-21)28-22-12-6-3-7-13-22;1-24(2,3)29-22(28)18-14-16-21(17-15-18)27-23(25-19-10-6-4-7-11-19)26-20-12-8-5-9-13-20;1-3-12-19(13-4-1)24-23(25-20-14-5-2-6-15-20)26-22-17-9-11-18-10-7-8-16-21(18)22;24-19(25)15-11-13-18(14-12-15)23-20(21-16-7-3-1-4-8-16)22-17-9-5-2-6-10-17/h20-23H,2-19H2,1H3,(H2,27,28,29);18-21H,4-17H2,1-3H3,(H2,25,26,27);7-11,16-17,19-20H,1-6,12-15H2,(H2,24,25,26);15-18H,1-14H2,(H,24,25)(H2,21,22,23). The van der Waals surface area contributed by atoms with E-state index in [-0.39, 0.29) is 41.3 Å². The highest BCUT2D eigenvalue weighted by Crippen LogP contribution is 2.37. The van der Waals surface area contributed by atoms with Gasteiger partial charge in [0.15, 0.2) is 23.8 Å². The van der Waals surface area contributed by atoms with Gasteiger partial charge in [-0.2, -0.15) is 0 Å². The van der Waals surface area contributed by atoms with Crippen molar-refractivity contribution in [2.45, 2.75) is 465 Å². The minimum atomic E-state index is -0.636. The summed E-state index contributed by atoms with van der Waals surface area (Å²) in [4.78, 5) is 56.7. The number of carbonyl (C=O) groups is 3.